The molecule has 1 aliphatic heterocycles. The predicted molar refractivity (Wildman–Crippen MR) is 87.6 cm³/mol. The third kappa shape index (κ3) is 5.47. The van der Waals surface area contributed by atoms with Crippen molar-refractivity contribution in [3.63, 3.8) is 0 Å². The number of nitrogens with one attached hydrogen (secondary N) is 1. The molecule has 0 aromatic heterocycles. The standard InChI is InChI=1S/C18H23F3N2O2/c1-12(2)9-16(24)22-15(11-23-8-4-7-17(23)25)13-5-3-6-14(10-13)18(19,20)21/h3,5-6,10,12,15H,4,7-9,11H2,1-2H3,(H,22,24)/t15-/m0/s1. The van der Waals surface area contributed by atoms with Gasteiger partial charge in [0.15, 0.2) is 0 Å². The summed E-state index contributed by atoms with van der Waals surface area (Å²) in [6, 6.07) is 4.26. The lowest BCUT2D eigenvalue weighted by Gasteiger charge is -2.26. The van der Waals surface area contributed by atoms with E-state index in [-0.39, 0.29) is 30.7 Å². The quantitative estimate of drug-likeness (QED) is 0.848. The third-order valence-corrected chi connectivity index (χ3v) is 4.12. The summed E-state index contributed by atoms with van der Waals surface area (Å²) in [5.74, 6) is -0.130. The van der Waals surface area contributed by atoms with Crippen LogP contribution in [0.3, 0.4) is 0 Å². The molecule has 25 heavy (non-hydrogen) atoms. The first-order chi connectivity index (χ1) is 11.7. The number of amides is 2. The first kappa shape index (κ1) is 19.3. The number of nitrogens with zero attached hydrogens (tertiary/aromatic N) is 1. The summed E-state index contributed by atoms with van der Waals surface area (Å²) >= 11 is 0. The van der Waals surface area contributed by atoms with Gasteiger partial charge in [0, 0.05) is 25.9 Å². The van der Waals surface area contributed by atoms with E-state index < -0.39 is 17.8 Å². The molecule has 1 N–H and O–H groups in total. The van der Waals surface area contributed by atoms with Crippen LogP contribution in [-0.2, 0) is 15.8 Å². The van der Waals surface area contributed by atoms with E-state index in [9.17, 15) is 22.8 Å². The van der Waals surface area contributed by atoms with E-state index in [1.807, 2.05) is 13.8 Å². The molecular formula is C18H23F3N2O2. The Kier molecular flexibility index (Phi) is 6.08. The van der Waals surface area contributed by atoms with Gasteiger partial charge in [0.1, 0.15) is 0 Å². The largest absolute Gasteiger partial charge is 0.416 e. The highest BCUT2D eigenvalue weighted by Gasteiger charge is 2.32. The van der Waals surface area contributed by atoms with Crippen molar-refractivity contribution in [2.24, 2.45) is 5.92 Å². The van der Waals surface area contributed by atoms with E-state index in [0.717, 1.165) is 18.6 Å². The molecule has 2 amide bonds. The summed E-state index contributed by atoms with van der Waals surface area (Å²) in [4.78, 5) is 25.6. The molecule has 1 heterocycles. The molecule has 2 rings (SSSR count). The molecule has 0 radical (unpaired) electrons. The van der Waals surface area contributed by atoms with Crippen LogP contribution in [0, 0.1) is 5.92 Å². The summed E-state index contributed by atoms with van der Waals surface area (Å²) in [5, 5.41) is 2.79. The van der Waals surface area contributed by atoms with Gasteiger partial charge in [-0.2, -0.15) is 13.2 Å². The average Bonchev–Trinajstić information content (AvgIpc) is 2.90. The van der Waals surface area contributed by atoms with Crippen molar-refractivity contribution in [2.45, 2.75) is 45.3 Å². The molecule has 1 aromatic rings. The lowest BCUT2D eigenvalue weighted by molar-refractivity contribution is -0.137. The zero-order chi connectivity index (χ0) is 18.6. The summed E-state index contributed by atoms with van der Waals surface area (Å²) in [6.07, 6.45) is -3.00. The van der Waals surface area contributed by atoms with Crippen molar-refractivity contribution in [1.82, 2.24) is 10.2 Å². The number of halogens is 3. The predicted octanol–water partition coefficient (Wildman–Crippen LogP) is 3.53. The van der Waals surface area contributed by atoms with Crippen LogP contribution in [0.15, 0.2) is 24.3 Å². The zero-order valence-electron chi connectivity index (χ0n) is 14.4. The highest BCUT2D eigenvalue weighted by atomic mass is 19.4. The first-order valence-electron chi connectivity index (χ1n) is 8.41. The molecule has 0 aliphatic carbocycles. The number of rotatable bonds is 6. The lowest BCUT2D eigenvalue weighted by atomic mass is 10.0. The molecule has 138 valence electrons. The minimum Gasteiger partial charge on any atom is -0.347 e. The molecule has 0 bridgehead atoms. The number of alkyl halides is 3. The van der Waals surface area contributed by atoms with Crippen LogP contribution in [0.1, 0.15) is 50.3 Å². The Morgan fingerprint density at radius 3 is 2.60 bits per heavy atom. The Labute approximate surface area is 145 Å². The van der Waals surface area contributed by atoms with Gasteiger partial charge < -0.3 is 10.2 Å². The van der Waals surface area contributed by atoms with Gasteiger partial charge >= 0.3 is 6.18 Å². The monoisotopic (exact) mass is 356 g/mol. The van der Waals surface area contributed by atoms with E-state index in [1.165, 1.54) is 6.07 Å². The average molecular weight is 356 g/mol. The van der Waals surface area contributed by atoms with E-state index in [0.29, 0.717) is 18.5 Å². The molecule has 1 atom stereocenters. The SMILES string of the molecule is CC(C)CC(=O)N[C@@H](CN1CCCC1=O)c1cccc(C(F)(F)F)c1. The fraction of sp³-hybridized carbons (Fsp3) is 0.556. The fourth-order valence-electron chi connectivity index (χ4n) is 2.91. The van der Waals surface area contributed by atoms with Crippen molar-refractivity contribution in [1.29, 1.82) is 0 Å². The molecule has 4 nitrogen and oxygen atoms in total. The Balaban J connectivity index is 2.23. The van der Waals surface area contributed by atoms with Crippen LogP contribution < -0.4 is 5.32 Å². The van der Waals surface area contributed by atoms with E-state index in [4.69, 9.17) is 0 Å². The minimum atomic E-state index is -4.45. The van der Waals surface area contributed by atoms with Crippen LogP contribution in [0.2, 0.25) is 0 Å². The first-order valence-corrected chi connectivity index (χ1v) is 8.41. The molecule has 1 aliphatic rings. The second-order valence-corrected chi connectivity index (χ2v) is 6.78. The molecular weight excluding hydrogens is 333 g/mol. The van der Waals surface area contributed by atoms with Gasteiger partial charge in [-0.3, -0.25) is 9.59 Å². The maximum atomic E-state index is 13.0. The van der Waals surface area contributed by atoms with Crippen LogP contribution in [0.5, 0.6) is 0 Å². The van der Waals surface area contributed by atoms with Crippen molar-refractivity contribution in [2.75, 3.05) is 13.1 Å². The number of likely N-dealkylation sites (tertiary alicyclic amines) is 1. The van der Waals surface area contributed by atoms with Crippen molar-refractivity contribution in [3.8, 4) is 0 Å². The van der Waals surface area contributed by atoms with Crippen molar-refractivity contribution >= 4 is 11.8 Å². The molecule has 7 heteroatoms. The summed E-state index contributed by atoms with van der Waals surface area (Å²) in [6.45, 7) is 4.53. The number of benzene rings is 1. The van der Waals surface area contributed by atoms with Gasteiger partial charge in [0.25, 0.3) is 0 Å². The topological polar surface area (TPSA) is 49.4 Å². The molecule has 1 saturated heterocycles. The summed E-state index contributed by atoms with van der Waals surface area (Å²) in [7, 11) is 0. The second kappa shape index (κ2) is 7.89. The molecule has 0 unspecified atom stereocenters. The van der Waals surface area contributed by atoms with Crippen LogP contribution in [-0.4, -0.2) is 29.8 Å². The fourth-order valence-corrected chi connectivity index (χ4v) is 2.91. The Hall–Kier alpha value is -2.05. The smallest absolute Gasteiger partial charge is 0.347 e. The van der Waals surface area contributed by atoms with E-state index in [1.54, 1.807) is 11.0 Å². The molecule has 0 saturated carbocycles. The van der Waals surface area contributed by atoms with Gasteiger partial charge in [0.2, 0.25) is 11.8 Å². The third-order valence-electron chi connectivity index (χ3n) is 4.12. The number of hydrogen-bond donors (Lipinski definition) is 1. The summed E-state index contributed by atoms with van der Waals surface area (Å²) < 4.78 is 38.9. The van der Waals surface area contributed by atoms with Crippen LogP contribution in [0.25, 0.3) is 0 Å². The molecule has 0 spiro atoms. The van der Waals surface area contributed by atoms with Crippen molar-refractivity contribution < 1.29 is 22.8 Å². The van der Waals surface area contributed by atoms with Gasteiger partial charge in [-0.05, 0) is 30.0 Å². The zero-order valence-corrected chi connectivity index (χ0v) is 14.4. The Bertz CT molecular complexity index is 629. The van der Waals surface area contributed by atoms with Gasteiger partial charge in [-0.25, -0.2) is 0 Å². The number of carbonyl (C=O) groups excluding carboxylic acids is 2. The minimum absolute atomic E-state index is 0.0323. The highest BCUT2D eigenvalue weighted by Crippen LogP contribution is 2.31. The maximum absolute atomic E-state index is 13.0. The van der Waals surface area contributed by atoms with E-state index in [2.05, 4.69) is 5.32 Å². The lowest BCUT2D eigenvalue weighted by Crippen LogP contribution is -2.39. The number of carbonyl (C=O) groups is 2. The normalized spacial score (nSPS) is 16.4. The summed E-state index contributed by atoms with van der Waals surface area (Å²) in [5.41, 5.74) is -0.410. The van der Waals surface area contributed by atoms with Crippen LogP contribution in [0.4, 0.5) is 13.2 Å². The van der Waals surface area contributed by atoms with Gasteiger partial charge in [-0.15, -0.1) is 0 Å². The van der Waals surface area contributed by atoms with Crippen molar-refractivity contribution in [3.05, 3.63) is 35.4 Å². The van der Waals surface area contributed by atoms with E-state index >= 15 is 0 Å². The highest BCUT2D eigenvalue weighted by molar-refractivity contribution is 5.79. The van der Waals surface area contributed by atoms with Crippen LogP contribution >= 0.6 is 0 Å². The molecule has 1 fully saturated rings. The second-order valence-electron chi connectivity index (χ2n) is 6.78. The Morgan fingerprint density at radius 1 is 1.32 bits per heavy atom. The van der Waals surface area contributed by atoms with Gasteiger partial charge in [0.05, 0.1) is 11.6 Å². The maximum Gasteiger partial charge on any atom is 0.416 e. The Morgan fingerprint density at radius 2 is 2.04 bits per heavy atom. The van der Waals surface area contributed by atoms with Gasteiger partial charge in [-0.1, -0.05) is 26.0 Å². The molecule has 1 aromatic carbocycles. The number of hydrogen-bond acceptors (Lipinski definition) is 2.